The van der Waals surface area contributed by atoms with E-state index in [1.807, 2.05) is 0 Å². The number of aliphatic hydroxyl groups is 1. The summed E-state index contributed by atoms with van der Waals surface area (Å²) in [4.78, 5) is 4.16. The van der Waals surface area contributed by atoms with Gasteiger partial charge < -0.3 is 5.11 Å². The molecule has 0 saturated heterocycles. The quantitative estimate of drug-likeness (QED) is 0.892. The second-order valence-corrected chi connectivity index (χ2v) is 5.93. The zero-order chi connectivity index (χ0) is 15.4. The molecule has 4 nitrogen and oxygen atoms in total. The van der Waals surface area contributed by atoms with E-state index in [0.717, 1.165) is 6.54 Å². The molecule has 2 aromatic rings. The summed E-state index contributed by atoms with van der Waals surface area (Å²) in [6.45, 7) is 4.92. The molecule has 0 amide bonds. The van der Waals surface area contributed by atoms with Gasteiger partial charge in [-0.2, -0.15) is 5.10 Å². The molecule has 1 aromatic carbocycles. The van der Waals surface area contributed by atoms with E-state index in [1.165, 1.54) is 12.4 Å². The van der Waals surface area contributed by atoms with Crippen LogP contribution in [0.3, 0.4) is 0 Å². The van der Waals surface area contributed by atoms with Crippen molar-refractivity contribution in [2.75, 3.05) is 0 Å². The second kappa shape index (κ2) is 7.00. The van der Waals surface area contributed by atoms with E-state index in [0.29, 0.717) is 23.7 Å². The molecular formula is C15H19ClFN3O. The largest absolute Gasteiger partial charge is 0.392 e. The average molecular weight is 312 g/mol. The van der Waals surface area contributed by atoms with Crippen LogP contribution in [-0.2, 0) is 19.4 Å². The van der Waals surface area contributed by atoms with Crippen LogP contribution in [0.15, 0.2) is 24.5 Å². The lowest BCUT2D eigenvalue weighted by Gasteiger charge is -2.13. The highest BCUT2D eigenvalue weighted by Gasteiger charge is 2.15. The molecule has 1 N–H and O–H groups in total. The molecule has 1 unspecified atom stereocenters. The van der Waals surface area contributed by atoms with Gasteiger partial charge in [0.15, 0.2) is 0 Å². The van der Waals surface area contributed by atoms with Gasteiger partial charge in [-0.15, -0.1) is 0 Å². The van der Waals surface area contributed by atoms with Gasteiger partial charge in [-0.3, -0.25) is 0 Å². The average Bonchev–Trinajstić information content (AvgIpc) is 2.81. The van der Waals surface area contributed by atoms with E-state index in [2.05, 4.69) is 23.9 Å². The van der Waals surface area contributed by atoms with Crippen LogP contribution in [0, 0.1) is 11.7 Å². The molecule has 0 saturated carbocycles. The lowest BCUT2D eigenvalue weighted by atomic mass is 10.0. The van der Waals surface area contributed by atoms with Crippen molar-refractivity contribution < 1.29 is 9.50 Å². The van der Waals surface area contributed by atoms with E-state index in [4.69, 9.17) is 11.6 Å². The molecule has 0 radical (unpaired) electrons. The number of benzene rings is 1. The van der Waals surface area contributed by atoms with E-state index >= 15 is 0 Å². The Morgan fingerprint density at radius 1 is 1.33 bits per heavy atom. The van der Waals surface area contributed by atoms with Crippen LogP contribution < -0.4 is 0 Å². The van der Waals surface area contributed by atoms with Gasteiger partial charge in [-0.25, -0.2) is 14.1 Å². The molecule has 0 aliphatic carbocycles. The lowest BCUT2D eigenvalue weighted by Crippen LogP contribution is -2.19. The summed E-state index contributed by atoms with van der Waals surface area (Å²) in [7, 11) is 0. The van der Waals surface area contributed by atoms with Crippen molar-refractivity contribution in [3.8, 4) is 0 Å². The first-order valence-corrected chi connectivity index (χ1v) is 7.32. The van der Waals surface area contributed by atoms with Gasteiger partial charge >= 0.3 is 0 Å². The molecule has 0 bridgehead atoms. The normalized spacial score (nSPS) is 12.9. The first-order valence-electron chi connectivity index (χ1n) is 6.95. The van der Waals surface area contributed by atoms with Crippen molar-refractivity contribution >= 4 is 11.6 Å². The topological polar surface area (TPSA) is 50.9 Å². The second-order valence-electron chi connectivity index (χ2n) is 5.53. The van der Waals surface area contributed by atoms with Gasteiger partial charge in [-0.05, 0) is 17.5 Å². The Morgan fingerprint density at radius 3 is 2.81 bits per heavy atom. The standard InChI is InChI=1S/C15H19ClFN3O/c1-10(2)8-20-14(18-9-19-20)7-12(21)6-11-4-3-5-13(16)15(11)17/h3-5,9-10,12,21H,6-8H2,1-2H3. The van der Waals surface area contributed by atoms with Crippen molar-refractivity contribution in [3.63, 3.8) is 0 Å². The predicted octanol–water partition coefficient (Wildman–Crippen LogP) is 2.87. The summed E-state index contributed by atoms with van der Waals surface area (Å²) in [5.74, 6) is 0.675. The molecule has 0 fully saturated rings. The monoisotopic (exact) mass is 311 g/mol. The summed E-state index contributed by atoms with van der Waals surface area (Å²) in [5.41, 5.74) is 0.407. The first-order chi connectivity index (χ1) is 9.97. The SMILES string of the molecule is CC(C)Cn1ncnc1CC(O)Cc1cccc(Cl)c1F. The molecule has 0 aliphatic rings. The summed E-state index contributed by atoms with van der Waals surface area (Å²) in [6.07, 6.45) is 1.28. The fourth-order valence-corrected chi connectivity index (χ4v) is 2.38. The third kappa shape index (κ3) is 4.25. The van der Waals surface area contributed by atoms with Crippen molar-refractivity contribution in [1.29, 1.82) is 0 Å². The molecule has 114 valence electrons. The smallest absolute Gasteiger partial charge is 0.145 e. The van der Waals surface area contributed by atoms with Crippen LogP contribution in [0.25, 0.3) is 0 Å². The minimum absolute atomic E-state index is 0.0719. The molecule has 1 atom stereocenters. The Labute approximate surface area is 128 Å². The molecule has 21 heavy (non-hydrogen) atoms. The molecule has 2 rings (SSSR count). The van der Waals surface area contributed by atoms with Crippen molar-refractivity contribution in [2.24, 2.45) is 5.92 Å². The van der Waals surface area contributed by atoms with E-state index < -0.39 is 11.9 Å². The Balaban J connectivity index is 2.03. The van der Waals surface area contributed by atoms with Gasteiger partial charge in [0.25, 0.3) is 0 Å². The molecule has 1 heterocycles. The zero-order valence-electron chi connectivity index (χ0n) is 12.1. The number of hydrogen-bond donors (Lipinski definition) is 1. The fraction of sp³-hybridized carbons (Fsp3) is 0.467. The molecular weight excluding hydrogens is 293 g/mol. The van der Waals surface area contributed by atoms with E-state index in [9.17, 15) is 9.50 Å². The first kappa shape index (κ1) is 15.9. The Kier molecular flexibility index (Phi) is 5.31. The van der Waals surface area contributed by atoms with Crippen LogP contribution in [0.4, 0.5) is 4.39 Å². The maximum atomic E-state index is 13.8. The van der Waals surface area contributed by atoms with Crippen LogP contribution in [0.2, 0.25) is 5.02 Å². The lowest BCUT2D eigenvalue weighted by molar-refractivity contribution is 0.169. The van der Waals surface area contributed by atoms with Crippen LogP contribution in [0.5, 0.6) is 0 Å². The third-order valence-corrected chi connectivity index (χ3v) is 3.43. The summed E-state index contributed by atoms with van der Waals surface area (Å²) in [6, 6.07) is 4.80. The number of aromatic nitrogens is 3. The maximum Gasteiger partial charge on any atom is 0.145 e. The number of halogens is 2. The Morgan fingerprint density at radius 2 is 2.10 bits per heavy atom. The van der Waals surface area contributed by atoms with Gasteiger partial charge in [-0.1, -0.05) is 37.6 Å². The van der Waals surface area contributed by atoms with Crippen molar-refractivity contribution in [2.45, 2.75) is 39.3 Å². The van der Waals surface area contributed by atoms with Crippen LogP contribution in [-0.4, -0.2) is 26.0 Å². The van der Waals surface area contributed by atoms with E-state index in [-0.39, 0.29) is 11.4 Å². The van der Waals surface area contributed by atoms with Gasteiger partial charge in [0.05, 0.1) is 11.1 Å². The minimum atomic E-state index is -0.729. The fourth-order valence-electron chi connectivity index (χ4n) is 2.19. The van der Waals surface area contributed by atoms with Gasteiger partial charge in [0.1, 0.15) is 18.0 Å². The summed E-state index contributed by atoms with van der Waals surface area (Å²) in [5, 5.41) is 14.4. The zero-order valence-corrected chi connectivity index (χ0v) is 12.9. The Bertz CT molecular complexity index is 600. The number of aliphatic hydroxyl groups excluding tert-OH is 1. The minimum Gasteiger partial charge on any atom is -0.392 e. The molecule has 6 heteroatoms. The van der Waals surface area contributed by atoms with Crippen LogP contribution in [0.1, 0.15) is 25.2 Å². The number of rotatable bonds is 6. The highest BCUT2D eigenvalue weighted by atomic mass is 35.5. The number of nitrogens with zero attached hydrogens (tertiary/aromatic N) is 3. The summed E-state index contributed by atoms with van der Waals surface area (Å²) < 4.78 is 15.6. The van der Waals surface area contributed by atoms with Gasteiger partial charge in [0.2, 0.25) is 0 Å². The highest BCUT2D eigenvalue weighted by molar-refractivity contribution is 6.30. The van der Waals surface area contributed by atoms with Gasteiger partial charge in [0, 0.05) is 19.4 Å². The molecule has 0 aliphatic heterocycles. The van der Waals surface area contributed by atoms with Crippen molar-refractivity contribution in [3.05, 3.63) is 46.8 Å². The highest BCUT2D eigenvalue weighted by Crippen LogP contribution is 2.19. The van der Waals surface area contributed by atoms with Crippen molar-refractivity contribution in [1.82, 2.24) is 14.8 Å². The Hall–Kier alpha value is -1.46. The summed E-state index contributed by atoms with van der Waals surface area (Å²) >= 11 is 5.74. The third-order valence-electron chi connectivity index (χ3n) is 3.14. The van der Waals surface area contributed by atoms with Crippen LogP contribution >= 0.6 is 11.6 Å². The number of hydrogen-bond acceptors (Lipinski definition) is 3. The molecule has 0 spiro atoms. The van der Waals surface area contributed by atoms with E-state index in [1.54, 1.807) is 16.8 Å². The predicted molar refractivity (Wildman–Crippen MR) is 79.7 cm³/mol. The maximum absolute atomic E-state index is 13.8. The molecule has 1 aromatic heterocycles.